The van der Waals surface area contributed by atoms with Crippen LogP contribution in [0.1, 0.15) is 0 Å². The minimum Gasteiger partial charge on any atom is -0.256 e. The van der Waals surface area contributed by atoms with E-state index in [1.54, 1.807) is 12.7 Å². The quantitative estimate of drug-likeness (QED) is 0.281. The number of allylic oxidation sites excluding steroid dienone is 3. The van der Waals surface area contributed by atoms with Crippen molar-refractivity contribution < 1.29 is 8.78 Å². The molecule has 7 heteroatoms. The van der Waals surface area contributed by atoms with E-state index in [-0.39, 0.29) is 11.6 Å². The summed E-state index contributed by atoms with van der Waals surface area (Å²) in [6.07, 6.45) is 10.0. The minimum atomic E-state index is -2.48. The van der Waals surface area contributed by atoms with Crippen LogP contribution in [-0.4, -0.2) is 30.9 Å². The molecule has 2 aromatic carbocycles. The van der Waals surface area contributed by atoms with Gasteiger partial charge in [0.2, 0.25) is 0 Å². The van der Waals surface area contributed by atoms with Crippen molar-refractivity contribution in [3.63, 3.8) is 0 Å². The molecule has 3 aromatic rings. The fraction of sp³-hybridized carbons (Fsp3) is 0.200. The Morgan fingerprint density at radius 3 is 1.69 bits per heavy atom. The number of aromatic nitrogens is 3. The molecule has 0 saturated carbocycles. The van der Waals surface area contributed by atoms with Gasteiger partial charge in [-0.15, -0.1) is 19.7 Å². The van der Waals surface area contributed by atoms with Crippen LogP contribution in [0.2, 0.25) is 23.8 Å². The lowest BCUT2D eigenvalue weighted by Crippen LogP contribution is -2.63. The van der Waals surface area contributed by atoms with Crippen LogP contribution < -0.4 is 10.4 Å². The average molecular weight is 466 g/mol. The molecule has 0 bridgehead atoms. The molecular weight excluding hydrogens is 436 g/mol. The molecule has 0 aliphatic rings. The summed E-state index contributed by atoms with van der Waals surface area (Å²) in [6.45, 7) is 12.2. The molecule has 3 nitrogen and oxygen atoms in total. The molecule has 0 atom stereocenters. The fourth-order valence-corrected chi connectivity index (χ4v) is 19.1. The van der Waals surface area contributed by atoms with E-state index in [1.807, 2.05) is 47.2 Å². The van der Waals surface area contributed by atoms with Crippen LogP contribution in [0.4, 0.5) is 8.78 Å². The summed E-state index contributed by atoms with van der Waals surface area (Å²) in [5.74, 6) is -0.532. The Morgan fingerprint density at radius 1 is 0.781 bits per heavy atom. The number of nitrogens with zero attached hydrogens (tertiary/aromatic N) is 3. The molecule has 1 heterocycles. The topological polar surface area (TPSA) is 30.7 Å². The second-order valence-electron chi connectivity index (χ2n) is 8.34. The molecular formula is C25H29F2N3Si2. The third kappa shape index (κ3) is 5.28. The van der Waals surface area contributed by atoms with E-state index in [0.29, 0.717) is 0 Å². The smallest absolute Gasteiger partial charge is 0.137 e. The predicted molar refractivity (Wildman–Crippen MR) is 133 cm³/mol. The summed E-state index contributed by atoms with van der Waals surface area (Å²) in [5.41, 5.74) is 0.946. The Kier molecular flexibility index (Phi) is 7.87. The minimum absolute atomic E-state index is 0.266. The van der Waals surface area contributed by atoms with E-state index in [0.717, 1.165) is 40.3 Å². The zero-order valence-electron chi connectivity index (χ0n) is 18.3. The SMILES string of the molecule is C=CC[Si](CC=C)(Cn1cncn1)C[Si](CC=C)(c1ccc(F)cc1)c1ccc(F)cc1. The largest absolute Gasteiger partial charge is 0.256 e. The Bertz CT molecular complexity index is 977. The van der Waals surface area contributed by atoms with Crippen molar-refractivity contribution >= 4 is 26.5 Å². The van der Waals surface area contributed by atoms with Gasteiger partial charge in [0, 0.05) is 6.17 Å². The van der Waals surface area contributed by atoms with Gasteiger partial charge in [-0.1, -0.05) is 58.5 Å². The van der Waals surface area contributed by atoms with Gasteiger partial charge in [0.15, 0.2) is 0 Å². The van der Waals surface area contributed by atoms with Gasteiger partial charge in [-0.25, -0.2) is 13.8 Å². The van der Waals surface area contributed by atoms with Crippen molar-refractivity contribution in [3.8, 4) is 0 Å². The maximum Gasteiger partial charge on any atom is 0.137 e. The number of hydrogen-bond acceptors (Lipinski definition) is 2. The highest BCUT2D eigenvalue weighted by molar-refractivity contribution is 7.10. The van der Waals surface area contributed by atoms with Crippen LogP contribution in [0.5, 0.6) is 0 Å². The number of rotatable bonds is 12. The van der Waals surface area contributed by atoms with Crippen LogP contribution in [0.3, 0.4) is 0 Å². The third-order valence-corrected chi connectivity index (χ3v) is 18.7. The third-order valence-electron chi connectivity index (χ3n) is 6.08. The average Bonchev–Trinajstić information content (AvgIpc) is 3.27. The first kappa shape index (κ1) is 23.8. The van der Waals surface area contributed by atoms with E-state index in [9.17, 15) is 8.78 Å². The summed E-state index contributed by atoms with van der Waals surface area (Å²) in [5, 5.41) is 6.62. The first-order valence-corrected chi connectivity index (χ1v) is 15.9. The van der Waals surface area contributed by atoms with Gasteiger partial charge in [0.25, 0.3) is 0 Å². The molecule has 0 unspecified atom stereocenters. The molecule has 0 amide bonds. The molecule has 0 aliphatic carbocycles. The Labute approximate surface area is 190 Å². The lowest BCUT2D eigenvalue weighted by atomic mass is 10.3. The molecule has 0 spiro atoms. The summed E-state index contributed by atoms with van der Waals surface area (Å²) in [4.78, 5) is 4.13. The molecule has 0 saturated heterocycles. The van der Waals surface area contributed by atoms with Crippen LogP contribution in [0.25, 0.3) is 0 Å². The maximum absolute atomic E-state index is 13.9. The first-order valence-electron chi connectivity index (χ1n) is 10.6. The van der Waals surface area contributed by atoms with Gasteiger partial charge < -0.3 is 0 Å². The van der Waals surface area contributed by atoms with Crippen molar-refractivity contribution in [1.29, 1.82) is 0 Å². The van der Waals surface area contributed by atoms with Crippen LogP contribution in [0.15, 0.2) is 99.2 Å². The zero-order valence-corrected chi connectivity index (χ0v) is 20.3. The summed E-state index contributed by atoms with van der Waals surface area (Å²) in [7, 11) is -4.60. The first-order chi connectivity index (χ1) is 15.5. The molecule has 166 valence electrons. The standard InChI is InChI=1S/C25H29F2N3Si2/c1-4-15-31(16-5-2,20-30-19-28-18-29-30)21-32(17-6-3,24-11-7-22(26)8-12-24)25-13-9-23(27)10-14-25/h4-14,18-19H,1-3,15-17,20-21H2. The van der Waals surface area contributed by atoms with Crippen LogP contribution >= 0.6 is 0 Å². The molecule has 32 heavy (non-hydrogen) atoms. The van der Waals surface area contributed by atoms with Gasteiger partial charge in [-0.05, 0) is 42.4 Å². The normalized spacial score (nSPS) is 11.8. The second-order valence-corrected chi connectivity index (χ2v) is 17.6. The summed E-state index contributed by atoms with van der Waals surface area (Å²) >= 11 is 0. The number of hydrogen-bond donors (Lipinski definition) is 0. The predicted octanol–water partition coefficient (Wildman–Crippen LogP) is 4.90. The molecule has 0 fully saturated rings. The van der Waals surface area contributed by atoms with Gasteiger partial charge in [-0.2, -0.15) is 5.10 Å². The van der Waals surface area contributed by atoms with E-state index in [4.69, 9.17) is 0 Å². The van der Waals surface area contributed by atoms with Crippen LogP contribution in [0, 0.1) is 11.6 Å². The van der Waals surface area contributed by atoms with Crippen molar-refractivity contribution in [2.45, 2.75) is 30.0 Å². The Hall–Kier alpha value is -2.91. The molecule has 1 aromatic heterocycles. The summed E-state index contributed by atoms with van der Waals surface area (Å²) in [6, 6.07) is 16.2. The summed E-state index contributed by atoms with van der Waals surface area (Å²) < 4.78 is 29.6. The van der Waals surface area contributed by atoms with Gasteiger partial charge in [0.1, 0.15) is 32.4 Å². The van der Waals surface area contributed by atoms with Crippen LogP contribution in [-0.2, 0) is 6.17 Å². The lowest BCUT2D eigenvalue weighted by molar-refractivity contribution is 0.628. The van der Waals surface area contributed by atoms with Gasteiger partial charge >= 0.3 is 0 Å². The molecule has 0 N–H and O–H groups in total. The Balaban J connectivity index is 2.21. The van der Waals surface area contributed by atoms with E-state index < -0.39 is 16.1 Å². The number of benzene rings is 2. The monoisotopic (exact) mass is 465 g/mol. The molecule has 0 aliphatic heterocycles. The highest BCUT2D eigenvalue weighted by Gasteiger charge is 2.45. The highest BCUT2D eigenvalue weighted by atomic mass is 28.4. The second kappa shape index (κ2) is 10.6. The van der Waals surface area contributed by atoms with Crippen molar-refractivity contribution in [2.75, 3.05) is 0 Å². The maximum atomic E-state index is 13.9. The zero-order chi connectivity index (χ0) is 23.0. The van der Waals surface area contributed by atoms with Crippen molar-refractivity contribution in [3.05, 3.63) is 111 Å². The highest BCUT2D eigenvalue weighted by Crippen LogP contribution is 2.32. The fourth-order valence-electron chi connectivity index (χ4n) is 4.79. The lowest BCUT2D eigenvalue weighted by Gasteiger charge is -2.41. The van der Waals surface area contributed by atoms with Crippen molar-refractivity contribution in [1.82, 2.24) is 14.8 Å². The Morgan fingerprint density at radius 2 is 1.28 bits per heavy atom. The van der Waals surface area contributed by atoms with E-state index in [1.165, 1.54) is 24.3 Å². The van der Waals surface area contributed by atoms with Gasteiger partial charge in [-0.3, -0.25) is 4.68 Å². The van der Waals surface area contributed by atoms with E-state index in [2.05, 4.69) is 29.8 Å². The van der Waals surface area contributed by atoms with E-state index >= 15 is 0 Å². The molecule has 3 rings (SSSR count). The molecule has 0 radical (unpaired) electrons. The van der Waals surface area contributed by atoms with Gasteiger partial charge in [0.05, 0.1) is 8.07 Å². The number of halogens is 2. The van der Waals surface area contributed by atoms with Crippen molar-refractivity contribution in [2.24, 2.45) is 0 Å².